The van der Waals surface area contributed by atoms with E-state index in [2.05, 4.69) is 24.1 Å². The molecule has 0 fully saturated rings. The minimum Gasteiger partial charge on any atom is -0.492 e. The number of ether oxygens (including phenoxy) is 1. The van der Waals surface area contributed by atoms with Gasteiger partial charge in [0.2, 0.25) is 0 Å². The van der Waals surface area contributed by atoms with E-state index in [9.17, 15) is 13.6 Å². The van der Waals surface area contributed by atoms with Crippen LogP contribution in [0.4, 0.5) is 8.78 Å². The predicted octanol–water partition coefficient (Wildman–Crippen LogP) is 1.73. The quantitative estimate of drug-likeness (QED) is 0.686. The molecular formula is C16H25F2N3O2. The van der Waals surface area contributed by atoms with E-state index in [1.54, 1.807) is 24.3 Å². The smallest absolute Gasteiger partial charge is 0.277 e. The summed E-state index contributed by atoms with van der Waals surface area (Å²) in [7, 11) is 0. The van der Waals surface area contributed by atoms with Crippen LogP contribution in [-0.4, -0.2) is 56.1 Å². The Hall–Kier alpha value is -1.73. The average Bonchev–Trinajstić information content (AvgIpc) is 2.57. The molecule has 0 radical (unpaired) electrons. The lowest BCUT2D eigenvalue weighted by molar-refractivity contribution is 0.0118. The summed E-state index contributed by atoms with van der Waals surface area (Å²) in [5.74, 6) is -3.02. The summed E-state index contributed by atoms with van der Waals surface area (Å²) in [5.41, 5.74) is 5.22. The Morgan fingerprint density at radius 3 is 2.39 bits per heavy atom. The van der Waals surface area contributed by atoms with Gasteiger partial charge in [0.15, 0.2) is 0 Å². The van der Waals surface area contributed by atoms with Crippen molar-refractivity contribution in [2.24, 2.45) is 5.73 Å². The van der Waals surface area contributed by atoms with E-state index in [-0.39, 0.29) is 0 Å². The second kappa shape index (κ2) is 9.42. The van der Waals surface area contributed by atoms with Crippen molar-refractivity contribution in [3.63, 3.8) is 0 Å². The maximum atomic E-state index is 13.0. The molecule has 1 aromatic rings. The summed E-state index contributed by atoms with van der Waals surface area (Å²) in [6, 6.07) is 6.39. The molecule has 0 aromatic heterocycles. The zero-order valence-corrected chi connectivity index (χ0v) is 13.6. The Labute approximate surface area is 135 Å². The first-order chi connectivity index (χ1) is 10.9. The van der Waals surface area contributed by atoms with Crippen LogP contribution in [0.1, 0.15) is 24.2 Å². The number of carbonyl (C=O) groups is 1. The molecule has 5 nitrogen and oxygen atoms in total. The van der Waals surface area contributed by atoms with Crippen LogP contribution in [0.3, 0.4) is 0 Å². The van der Waals surface area contributed by atoms with Crippen molar-refractivity contribution in [2.75, 3.05) is 39.3 Å². The standard InChI is InChI=1S/C16H25F2N3O2/c1-3-21(4-2)9-10-23-14-7-5-13(6-8-14)15(22)20-12-16(17,18)11-19/h5-8H,3-4,9-12,19H2,1-2H3,(H,20,22). The van der Waals surface area contributed by atoms with Crippen molar-refractivity contribution in [2.45, 2.75) is 19.8 Å². The maximum absolute atomic E-state index is 13.0. The third-order valence-electron chi connectivity index (χ3n) is 3.49. The van der Waals surface area contributed by atoms with Crippen molar-refractivity contribution >= 4 is 5.91 Å². The normalized spacial score (nSPS) is 11.6. The summed E-state index contributed by atoms with van der Waals surface area (Å²) >= 11 is 0. The fraction of sp³-hybridized carbons (Fsp3) is 0.562. The highest BCUT2D eigenvalue weighted by atomic mass is 19.3. The van der Waals surface area contributed by atoms with Crippen LogP contribution in [0, 0.1) is 0 Å². The van der Waals surface area contributed by atoms with Crippen LogP contribution in [0.25, 0.3) is 0 Å². The van der Waals surface area contributed by atoms with Crippen molar-refractivity contribution in [1.29, 1.82) is 0 Å². The molecule has 23 heavy (non-hydrogen) atoms. The van der Waals surface area contributed by atoms with E-state index in [0.717, 1.165) is 19.6 Å². The Balaban J connectivity index is 2.45. The van der Waals surface area contributed by atoms with E-state index in [1.807, 2.05) is 0 Å². The molecule has 0 bridgehead atoms. The van der Waals surface area contributed by atoms with Gasteiger partial charge in [0.05, 0.1) is 13.1 Å². The SMILES string of the molecule is CCN(CC)CCOc1ccc(C(=O)NCC(F)(F)CN)cc1. The molecule has 130 valence electrons. The van der Waals surface area contributed by atoms with Crippen LogP contribution in [-0.2, 0) is 0 Å². The molecule has 7 heteroatoms. The molecule has 0 heterocycles. The fourth-order valence-corrected chi connectivity index (χ4v) is 1.92. The largest absolute Gasteiger partial charge is 0.492 e. The van der Waals surface area contributed by atoms with Gasteiger partial charge < -0.3 is 20.7 Å². The zero-order chi connectivity index (χ0) is 17.3. The van der Waals surface area contributed by atoms with Gasteiger partial charge in [-0.05, 0) is 37.4 Å². The van der Waals surface area contributed by atoms with E-state index >= 15 is 0 Å². The molecule has 0 spiro atoms. The molecular weight excluding hydrogens is 304 g/mol. The molecule has 0 aliphatic carbocycles. The number of nitrogens with zero attached hydrogens (tertiary/aromatic N) is 1. The molecule has 0 unspecified atom stereocenters. The van der Waals surface area contributed by atoms with Gasteiger partial charge in [-0.1, -0.05) is 13.8 Å². The first-order valence-corrected chi connectivity index (χ1v) is 7.73. The van der Waals surface area contributed by atoms with Gasteiger partial charge in [-0.2, -0.15) is 0 Å². The van der Waals surface area contributed by atoms with Crippen molar-refractivity contribution in [1.82, 2.24) is 10.2 Å². The van der Waals surface area contributed by atoms with Crippen LogP contribution in [0.15, 0.2) is 24.3 Å². The van der Waals surface area contributed by atoms with Gasteiger partial charge in [-0.15, -0.1) is 0 Å². The van der Waals surface area contributed by atoms with E-state index < -0.39 is 24.9 Å². The number of carbonyl (C=O) groups excluding carboxylic acids is 1. The van der Waals surface area contributed by atoms with E-state index in [4.69, 9.17) is 10.5 Å². The first-order valence-electron chi connectivity index (χ1n) is 7.73. The van der Waals surface area contributed by atoms with Crippen molar-refractivity contribution in [3.05, 3.63) is 29.8 Å². The number of hydrogen-bond acceptors (Lipinski definition) is 4. The molecule has 3 N–H and O–H groups in total. The fourth-order valence-electron chi connectivity index (χ4n) is 1.92. The average molecular weight is 329 g/mol. The Bertz CT molecular complexity index is 477. The Morgan fingerprint density at radius 1 is 1.26 bits per heavy atom. The highest BCUT2D eigenvalue weighted by Gasteiger charge is 2.27. The zero-order valence-electron chi connectivity index (χ0n) is 13.6. The third-order valence-corrected chi connectivity index (χ3v) is 3.49. The summed E-state index contributed by atoms with van der Waals surface area (Å²) in [5, 5.41) is 2.17. The minimum atomic E-state index is -3.09. The molecule has 0 atom stereocenters. The number of amides is 1. The van der Waals surface area contributed by atoms with Gasteiger partial charge in [0, 0.05) is 12.1 Å². The molecule has 0 saturated carbocycles. The molecule has 0 aliphatic heterocycles. The second-order valence-corrected chi connectivity index (χ2v) is 5.14. The molecule has 0 saturated heterocycles. The highest BCUT2D eigenvalue weighted by molar-refractivity contribution is 5.94. The molecule has 1 amide bonds. The summed E-state index contributed by atoms with van der Waals surface area (Å²) in [6.45, 7) is 5.91. The Morgan fingerprint density at radius 2 is 1.87 bits per heavy atom. The Kier molecular flexibility index (Phi) is 7.91. The molecule has 1 aromatic carbocycles. The van der Waals surface area contributed by atoms with Gasteiger partial charge in [0.25, 0.3) is 11.8 Å². The number of hydrogen-bond donors (Lipinski definition) is 2. The summed E-state index contributed by atoms with van der Waals surface area (Å²) < 4.78 is 31.6. The lowest BCUT2D eigenvalue weighted by Crippen LogP contribution is -2.41. The summed E-state index contributed by atoms with van der Waals surface area (Å²) in [4.78, 5) is 14.0. The first kappa shape index (κ1) is 19.3. The van der Waals surface area contributed by atoms with Crippen molar-refractivity contribution in [3.8, 4) is 5.75 Å². The van der Waals surface area contributed by atoms with Crippen LogP contribution >= 0.6 is 0 Å². The van der Waals surface area contributed by atoms with Crippen LogP contribution < -0.4 is 15.8 Å². The monoisotopic (exact) mass is 329 g/mol. The van der Waals surface area contributed by atoms with Crippen LogP contribution in [0.2, 0.25) is 0 Å². The summed E-state index contributed by atoms with van der Waals surface area (Å²) in [6.07, 6.45) is 0. The van der Waals surface area contributed by atoms with Gasteiger partial charge in [0.1, 0.15) is 12.4 Å². The van der Waals surface area contributed by atoms with Gasteiger partial charge in [-0.25, -0.2) is 8.78 Å². The topological polar surface area (TPSA) is 67.6 Å². The number of nitrogens with one attached hydrogen (secondary N) is 1. The van der Waals surface area contributed by atoms with Gasteiger partial charge >= 0.3 is 0 Å². The lowest BCUT2D eigenvalue weighted by Gasteiger charge is -2.18. The molecule has 1 rings (SSSR count). The maximum Gasteiger partial charge on any atom is 0.277 e. The van der Waals surface area contributed by atoms with Gasteiger partial charge in [-0.3, -0.25) is 4.79 Å². The van der Waals surface area contributed by atoms with Crippen LogP contribution in [0.5, 0.6) is 5.75 Å². The van der Waals surface area contributed by atoms with E-state index in [0.29, 0.717) is 17.9 Å². The number of rotatable bonds is 10. The second-order valence-electron chi connectivity index (χ2n) is 5.14. The number of benzene rings is 1. The third kappa shape index (κ3) is 6.92. The predicted molar refractivity (Wildman–Crippen MR) is 86.1 cm³/mol. The van der Waals surface area contributed by atoms with E-state index in [1.165, 1.54) is 0 Å². The highest BCUT2D eigenvalue weighted by Crippen LogP contribution is 2.13. The number of nitrogens with two attached hydrogens (primary N) is 1. The number of alkyl halides is 2. The number of halogens is 2. The minimum absolute atomic E-state index is 0.300. The number of likely N-dealkylation sites (N-methyl/N-ethyl adjacent to an activating group) is 1. The molecule has 0 aliphatic rings. The van der Waals surface area contributed by atoms with Crippen molar-refractivity contribution < 1.29 is 18.3 Å². The lowest BCUT2D eigenvalue weighted by atomic mass is 10.2.